The molecular weight excluding hydrogens is 460 g/mol. The molecule has 186 valence electrons. The first-order valence-corrected chi connectivity index (χ1v) is 11.5. The van der Waals surface area contributed by atoms with Crippen LogP contribution >= 0.6 is 0 Å². The second kappa shape index (κ2) is 10.1. The molecule has 0 bridgehead atoms. The normalized spacial score (nSPS) is 20.4. The first-order valence-electron chi connectivity index (χ1n) is 11.5. The third kappa shape index (κ3) is 4.61. The van der Waals surface area contributed by atoms with E-state index in [1.807, 2.05) is 24.4 Å². The second-order valence-electron chi connectivity index (χ2n) is 9.09. The Bertz CT molecular complexity index is 1320. The monoisotopic (exact) mass is 488 g/mol. The van der Waals surface area contributed by atoms with Crippen molar-refractivity contribution in [1.29, 1.82) is 0 Å². The molecule has 5 rings (SSSR count). The zero-order valence-electron chi connectivity index (χ0n) is 19.6. The van der Waals surface area contributed by atoms with Crippen molar-refractivity contribution in [2.45, 2.75) is 18.9 Å². The number of terminal acetylenes is 1. The molecule has 2 atom stereocenters. The second-order valence-corrected chi connectivity index (χ2v) is 9.09. The molecular formula is C26H28N6O4. The number of aromatic nitrogens is 2. The van der Waals surface area contributed by atoms with Gasteiger partial charge in [0.2, 0.25) is 11.8 Å². The third-order valence-electron chi connectivity index (χ3n) is 6.99. The molecule has 2 unspecified atom stereocenters. The fourth-order valence-corrected chi connectivity index (χ4v) is 5.31. The number of hydrogen-bond acceptors (Lipinski definition) is 6. The number of primary amides is 2. The Morgan fingerprint density at radius 1 is 1.03 bits per heavy atom. The predicted octanol–water partition coefficient (Wildman–Crippen LogP) is 1.09. The zero-order valence-corrected chi connectivity index (χ0v) is 19.6. The van der Waals surface area contributed by atoms with Gasteiger partial charge in [-0.2, -0.15) is 5.10 Å². The smallest absolute Gasteiger partial charge is 0.252 e. The summed E-state index contributed by atoms with van der Waals surface area (Å²) in [7, 11) is 0. The van der Waals surface area contributed by atoms with Crippen LogP contribution in [0.15, 0.2) is 42.7 Å². The van der Waals surface area contributed by atoms with Crippen LogP contribution in [-0.2, 0) is 4.79 Å². The lowest BCUT2D eigenvalue weighted by atomic mass is 10.0. The van der Waals surface area contributed by atoms with Crippen molar-refractivity contribution in [2.75, 3.05) is 25.0 Å². The number of carbonyl (C=O) groups is 3. The lowest BCUT2D eigenvalue weighted by Crippen LogP contribution is -2.33. The van der Waals surface area contributed by atoms with E-state index in [0.717, 1.165) is 29.5 Å². The number of aliphatic hydroxyl groups is 1. The fraction of sp³-hybridized carbons (Fsp3) is 0.308. The van der Waals surface area contributed by atoms with Crippen LogP contribution in [0.25, 0.3) is 16.6 Å². The number of benzene rings is 1. The van der Waals surface area contributed by atoms with Crippen molar-refractivity contribution >= 4 is 28.9 Å². The Morgan fingerprint density at radius 2 is 1.67 bits per heavy atom. The van der Waals surface area contributed by atoms with Crippen LogP contribution in [0.4, 0.5) is 5.69 Å². The number of likely N-dealkylation sites (tertiary alicyclic amines) is 1. The molecule has 2 aromatic heterocycles. The van der Waals surface area contributed by atoms with E-state index >= 15 is 0 Å². The zero-order chi connectivity index (χ0) is 26.0. The summed E-state index contributed by atoms with van der Waals surface area (Å²) >= 11 is 0. The van der Waals surface area contributed by atoms with Crippen LogP contribution in [-0.4, -0.2) is 63.1 Å². The Morgan fingerprint density at radius 3 is 2.22 bits per heavy atom. The summed E-state index contributed by atoms with van der Waals surface area (Å²) in [6.07, 6.45) is 13.0. The highest BCUT2D eigenvalue weighted by atomic mass is 16.3. The van der Waals surface area contributed by atoms with E-state index in [2.05, 4.69) is 23.3 Å². The van der Waals surface area contributed by atoms with Crippen molar-refractivity contribution in [1.82, 2.24) is 14.5 Å². The molecule has 1 saturated carbocycles. The summed E-state index contributed by atoms with van der Waals surface area (Å²) in [6, 6.07) is 9.02. The van der Waals surface area contributed by atoms with Crippen molar-refractivity contribution in [2.24, 2.45) is 23.3 Å². The number of rotatable bonds is 6. The van der Waals surface area contributed by atoms with Gasteiger partial charge in [-0.15, -0.1) is 12.8 Å². The average Bonchev–Trinajstić information content (AvgIpc) is 3.58. The predicted molar refractivity (Wildman–Crippen MR) is 135 cm³/mol. The van der Waals surface area contributed by atoms with Crippen LogP contribution in [0.3, 0.4) is 0 Å². The van der Waals surface area contributed by atoms with Gasteiger partial charge >= 0.3 is 0 Å². The molecule has 36 heavy (non-hydrogen) atoms. The van der Waals surface area contributed by atoms with E-state index in [-0.39, 0.29) is 11.9 Å². The van der Waals surface area contributed by atoms with Crippen molar-refractivity contribution in [3.63, 3.8) is 0 Å². The molecule has 0 radical (unpaired) electrons. The summed E-state index contributed by atoms with van der Waals surface area (Å²) in [6.45, 7) is 0.834. The highest BCUT2D eigenvalue weighted by Crippen LogP contribution is 2.40. The maximum absolute atomic E-state index is 12.2. The number of nitrogens with two attached hydrogens (primary N) is 2. The number of nitrogens with zero attached hydrogens (tertiary/aromatic N) is 3. The number of nitrogens with one attached hydrogen (secondary N) is 1. The van der Waals surface area contributed by atoms with Crippen LogP contribution < -0.4 is 16.8 Å². The van der Waals surface area contributed by atoms with Crippen LogP contribution in [0.1, 0.15) is 33.6 Å². The largest absolute Gasteiger partial charge is 0.387 e. The molecule has 3 aromatic rings. The van der Waals surface area contributed by atoms with Crippen LogP contribution in [0.2, 0.25) is 0 Å². The van der Waals surface area contributed by atoms with Gasteiger partial charge in [0.25, 0.3) is 5.91 Å². The van der Waals surface area contributed by atoms with Gasteiger partial charge in [-0.05, 0) is 48.4 Å². The minimum absolute atomic E-state index is 0.124. The standard InChI is InChI=1S/C24H26N6O4.C2H2/c25-23(33)14-3-1-13(2-4-14)17-7-20-22(19(24(26)34)8-27-30(20)11-17)28-18-5-15-9-29(21(32)12-31)10-16(15)6-18;1-2/h1-4,7-8,11,15-16,18,28,31H,5-6,9-10,12H2,(H2,25,33)(H2,26,34);1-2H. The van der Waals surface area contributed by atoms with Gasteiger partial charge in [-0.3, -0.25) is 14.4 Å². The van der Waals surface area contributed by atoms with E-state index in [0.29, 0.717) is 41.7 Å². The molecule has 6 N–H and O–H groups in total. The summed E-state index contributed by atoms with van der Waals surface area (Å²) < 4.78 is 1.70. The molecule has 3 amide bonds. The maximum atomic E-state index is 12.2. The molecule has 1 aliphatic heterocycles. The Balaban J connectivity index is 0.00000148. The van der Waals surface area contributed by atoms with E-state index in [9.17, 15) is 14.4 Å². The van der Waals surface area contributed by atoms with Gasteiger partial charge < -0.3 is 26.8 Å². The first kappa shape index (κ1) is 24.8. The maximum Gasteiger partial charge on any atom is 0.252 e. The van der Waals surface area contributed by atoms with E-state index in [1.54, 1.807) is 21.5 Å². The molecule has 10 heteroatoms. The summed E-state index contributed by atoms with van der Waals surface area (Å²) in [5.74, 6) is -0.569. The third-order valence-corrected chi connectivity index (χ3v) is 6.99. The van der Waals surface area contributed by atoms with E-state index in [1.165, 1.54) is 6.20 Å². The van der Waals surface area contributed by atoms with Gasteiger partial charge in [0, 0.05) is 36.5 Å². The van der Waals surface area contributed by atoms with Crippen molar-refractivity contribution in [3.8, 4) is 24.0 Å². The molecule has 0 spiro atoms. The Labute approximate surface area is 208 Å². The Kier molecular flexibility index (Phi) is 6.94. The van der Waals surface area contributed by atoms with Crippen LogP contribution in [0, 0.1) is 24.7 Å². The van der Waals surface area contributed by atoms with Gasteiger partial charge in [-0.25, -0.2) is 4.52 Å². The summed E-state index contributed by atoms with van der Waals surface area (Å²) in [4.78, 5) is 37.1. The molecule has 3 heterocycles. The quantitative estimate of drug-likeness (QED) is 0.381. The molecule has 1 aliphatic carbocycles. The number of amides is 3. The minimum Gasteiger partial charge on any atom is -0.387 e. The molecule has 2 fully saturated rings. The first-order chi connectivity index (χ1) is 17.3. The van der Waals surface area contributed by atoms with Crippen molar-refractivity contribution in [3.05, 3.63) is 53.9 Å². The van der Waals surface area contributed by atoms with Gasteiger partial charge in [0.15, 0.2) is 0 Å². The van der Waals surface area contributed by atoms with E-state index in [4.69, 9.17) is 16.6 Å². The molecule has 1 saturated heterocycles. The minimum atomic E-state index is -0.566. The number of aliphatic hydroxyl groups excluding tert-OH is 1. The SMILES string of the molecule is C#C.NC(=O)c1ccc(-c2cc3c(NC4CC5CN(C(=O)CO)CC5C4)c(C(N)=O)cnn3c2)cc1. The van der Waals surface area contributed by atoms with Gasteiger partial charge in [-0.1, -0.05) is 12.1 Å². The number of anilines is 1. The molecule has 1 aromatic carbocycles. The summed E-state index contributed by atoms with van der Waals surface area (Å²) in [5, 5.41) is 17.0. The Hall–Kier alpha value is -4.36. The average molecular weight is 489 g/mol. The summed E-state index contributed by atoms with van der Waals surface area (Å²) in [5.41, 5.74) is 14.8. The number of fused-ring (bicyclic) bond motifs is 2. The number of carbonyl (C=O) groups excluding carboxylic acids is 3. The highest BCUT2D eigenvalue weighted by Gasteiger charge is 2.42. The lowest BCUT2D eigenvalue weighted by Gasteiger charge is -2.21. The van der Waals surface area contributed by atoms with Gasteiger partial charge in [0.05, 0.1) is 23.0 Å². The number of hydrogen-bond donors (Lipinski definition) is 4. The topological polar surface area (TPSA) is 156 Å². The fourth-order valence-electron chi connectivity index (χ4n) is 5.31. The molecule has 2 aliphatic rings. The van der Waals surface area contributed by atoms with E-state index < -0.39 is 18.4 Å². The molecule has 10 nitrogen and oxygen atoms in total. The van der Waals surface area contributed by atoms with Crippen LogP contribution in [0.5, 0.6) is 0 Å². The van der Waals surface area contributed by atoms with Gasteiger partial charge in [0.1, 0.15) is 6.61 Å². The lowest BCUT2D eigenvalue weighted by molar-refractivity contribution is -0.133. The highest BCUT2D eigenvalue weighted by molar-refractivity contribution is 6.02. The van der Waals surface area contributed by atoms with Crippen molar-refractivity contribution < 1.29 is 19.5 Å².